The van der Waals surface area contributed by atoms with Gasteiger partial charge in [0, 0.05) is 6.04 Å². The highest BCUT2D eigenvalue weighted by Crippen LogP contribution is 2.29. The SMILES string of the molecule is CN(C)C(CC1CCNCC1)c1ccccc1. The molecule has 1 aliphatic rings. The van der Waals surface area contributed by atoms with Crippen LogP contribution in [0.5, 0.6) is 0 Å². The number of rotatable bonds is 4. The van der Waals surface area contributed by atoms with Crippen LogP contribution in [0.1, 0.15) is 30.9 Å². The second kappa shape index (κ2) is 6.18. The van der Waals surface area contributed by atoms with E-state index in [9.17, 15) is 0 Å². The van der Waals surface area contributed by atoms with Crippen LogP contribution in [0.3, 0.4) is 0 Å². The topological polar surface area (TPSA) is 15.3 Å². The number of benzene rings is 1. The molecule has 1 fully saturated rings. The Hall–Kier alpha value is -0.860. The molecular formula is C15H24N2. The highest BCUT2D eigenvalue weighted by Gasteiger charge is 2.21. The van der Waals surface area contributed by atoms with Gasteiger partial charge in [0.25, 0.3) is 0 Å². The van der Waals surface area contributed by atoms with Gasteiger partial charge in [-0.05, 0) is 57.9 Å². The van der Waals surface area contributed by atoms with Gasteiger partial charge in [0.15, 0.2) is 0 Å². The summed E-state index contributed by atoms with van der Waals surface area (Å²) in [6, 6.07) is 11.5. The summed E-state index contributed by atoms with van der Waals surface area (Å²) in [4.78, 5) is 2.36. The molecule has 0 saturated carbocycles. The normalized spacial score (nSPS) is 19.5. The third kappa shape index (κ3) is 3.55. The van der Waals surface area contributed by atoms with Crippen molar-refractivity contribution in [3.63, 3.8) is 0 Å². The van der Waals surface area contributed by atoms with Crippen LogP contribution in [0.25, 0.3) is 0 Å². The molecular weight excluding hydrogens is 208 g/mol. The molecule has 0 radical (unpaired) electrons. The summed E-state index contributed by atoms with van der Waals surface area (Å²) in [5.41, 5.74) is 1.45. The summed E-state index contributed by atoms with van der Waals surface area (Å²) in [7, 11) is 4.39. The Morgan fingerprint density at radius 2 is 1.82 bits per heavy atom. The van der Waals surface area contributed by atoms with E-state index in [1.807, 2.05) is 0 Å². The largest absolute Gasteiger partial charge is 0.317 e. The fourth-order valence-corrected chi connectivity index (χ4v) is 2.75. The Bertz CT molecular complexity index is 315. The van der Waals surface area contributed by atoms with Crippen molar-refractivity contribution in [2.75, 3.05) is 27.2 Å². The lowest BCUT2D eigenvalue weighted by molar-refractivity contribution is 0.223. The molecule has 0 aliphatic carbocycles. The van der Waals surface area contributed by atoms with Crippen molar-refractivity contribution in [3.05, 3.63) is 35.9 Å². The van der Waals surface area contributed by atoms with Gasteiger partial charge in [-0.15, -0.1) is 0 Å². The van der Waals surface area contributed by atoms with Gasteiger partial charge in [-0.25, -0.2) is 0 Å². The van der Waals surface area contributed by atoms with Gasteiger partial charge in [-0.1, -0.05) is 30.3 Å². The Morgan fingerprint density at radius 1 is 1.18 bits per heavy atom. The lowest BCUT2D eigenvalue weighted by atomic mass is 9.88. The Labute approximate surface area is 105 Å². The molecule has 0 bridgehead atoms. The summed E-state index contributed by atoms with van der Waals surface area (Å²) in [6.07, 6.45) is 3.95. The van der Waals surface area contributed by atoms with Gasteiger partial charge in [0.05, 0.1) is 0 Å². The molecule has 2 heteroatoms. The quantitative estimate of drug-likeness (QED) is 0.858. The van der Waals surface area contributed by atoms with E-state index in [-0.39, 0.29) is 0 Å². The van der Waals surface area contributed by atoms with Gasteiger partial charge in [-0.2, -0.15) is 0 Å². The fourth-order valence-electron chi connectivity index (χ4n) is 2.75. The van der Waals surface area contributed by atoms with Crippen LogP contribution >= 0.6 is 0 Å². The monoisotopic (exact) mass is 232 g/mol. The summed E-state index contributed by atoms with van der Waals surface area (Å²) in [5, 5.41) is 3.44. The van der Waals surface area contributed by atoms with Crippen molar-refractivity contribution < 1.29 is 0 Å². The highest BCUT2D eigenvalue weighted by molar-refractivity contribution is 5.19. The van der Waals surface area contributed by atoms with E-state index in [1.165, 1.54) is 37.9 Å². The number of hydrogen-bond donors (Lipinski definition) is 1. The molecule has 1 saturated heterocycles. The van der Waals surface area contributed by atoms with Crippen LogP contribution in [-0.2, 0) is 0 Å². The Morgan fingerprint density at radius 3 is 2.41 bits per heavy atom. The first-order valence-electron chi connectivity index (χ1n) is 6.69. The second-order valence-corrected chi connectivity index (χ2v) is 5.32. The average molecular weight is 232 g/mol. The molecule has 94 valence electrons. The number of nitrogens with one attached hydrogen (secondary N) is 1. The summed E-state index contributed by atoms with van der Waals surface area (Å²) in [5.74, 6) is 0.879. The molecule has 1 aromatic rings. The zero-order valence-corrected chi connectivity index (χ0v) is 11.0. The molecule has 17 heavy (non-hydrogen) atoms. The van der Waals surface area contributed by atoms with Crippen LogP contribution in [0.4, 0.5) is 0 Å². The molecule has 1 heterocycles. The van der Waals surface area contributed by atoms with E-state index in [4.69, 9.17) is 0 Å². The molecule has 1 N–H and O–H groups in total. The summed E-state index contributed by atoms with van der Waals surface area (Å²) >= 11 is 0. The highest BCUT2D eigenvalue weighted by atomic mass is 15.1. The van der Waals surface area contributed by atoms with E-state index in [2.05, 4.69) is 54.6 Å². The number of nitrogens with zero attached hydrogens (tertiary/aromatic N) is 1. The molecule has 0 amide bonds. The van der Waals surface area contributed by atoms with Gasteiger partial charge in [-0.3, -0.25) is 0 Å². The molecule has 1 aliphatic heterocycles. The molecule has 1 aromatic carbocycles. The molecule has 2 rings (SSSR count). The van der Waals surface area contributed by atoms with Crippen molar-refractivity contribution in [1.29, 1.82) is 0 Å². The predicted molar refractivity (Wildman–Crippen MR) is 73.1 cm³/mol. The minimum atomic E-state index is 0.569. The van der Waals surface area contributed by atoms with E-state index in [1.54, 1.807) is 0 Å². The van der Waals surface area contributed by atoms with E-state index in [0.29, 0.717) is 6.04 Å². The zero-order valence-electron chi connectivity index (χ0n) is 11.0. The van der Waals surface area contributed by atoms with Crippen molar-refractivity contribution in [3.8, 4) is 0 Å². The zero-order chi connectivity index (χ0) is 12.1. The van der Waals surface area contributed by atoms with Crippen LogP contribution in [0.2, 0.25) is 0 Å². The van der Waals surface area contributed by atoms with E-state index < -0.39 is 0 Å². The van der Waals surface area contributed by atoms with Crippen LogP contribution in [0.15, 0.2) is 30.3 Å². The molecule has 1 atom stereocenters. The average Bonchev–Trinajstić information content (AvgIpc) is 2.38. The lowest BCUT2D eigenvalue weighted by Gasteiger charge is -2.31. The van der Waals surface area contributed by atoms with Crippen molar-refractivity contribution in [1.82, 2.24) is 10.2 Å². The van der Waals surface area contributed by atoms with Gasteiger partial charge >= 0.3 is 0 Å². The molecule has 0 aromatic heterocycles. The minimum absolute atomic E-state index is 0.569. The third-order valence-corrected chi connectivity index (χ3v) is 3.82. The number of piperidine rings is 1. The van der Waals surface area contributed by atoms with Crippen LogP contribution in [0, 0.1) is 5.92 Å². The van der Waals surface area contributed by atoms with Crippen molar-refractivity contribution in [2.24, 2.45) is 5.92 Å². The lowest BCUT2D eigenvalue weighted by Crippen LogP contribution is -2.31. The number of hydrogen-bond acceptors (Lipinski definition) is 2. The molecule has 2 nitrogen and oxygen atoms in total. The van der Waals surface area contributed by atoms with Crippen molar-refractivity contribution in [2.45, 2.75) is 25.3 Å². The Kier molecular flexibility index (Phi) is 4.57. The maximum atomic E-state index is 3.44. The summed E-state index contributed by atoms with van der Waals surface area (Å²) < 4.78 is 0. The minimum Gasteiger partial charge on any atom is -0.317 e. The standard InChI is InChI=1S/C15H24N2/c1-17(2)15(14-6-4-3-5-7-14)12-13-8-10-16-11-9-13/h3-7,13,15-16H,8-12H2,1-2H3. The smallest absolute Gasteiger partial charge is 0.0344 e. The maximum Gasteiger partial charge on any atom is 0.0344 e. The van der Waals surface area contributed by atoms with Crippen LogP contribution in [-0.4, -0.2) is 32.1 Å². The first kappa shape index (κ1) is 12.6. The van der Waals surface area contributed by atoms with Gasteiger partial charge < -0.3 is 10.2 Å². The molecule has 0 spiro atoms. The fraction of sp³-hybridized carbons (Fsp3) is 0.600. The first-order valence-corrected chi connectivity index (χ1v) is 6.69. The maximum absolute atomic E-state index is 3.44. The summed E-state index contributed by atoms with van der Waals surface area (Å²) in [6.45, 7) is 2.39. The van der Waals surface area contributed by atoms with Gasteiger partial charge in [0.1, 0.15) is 0 Å². The van der Waals surface area contributed by atoms with E-state index >= 15 is 0 Å². The third-order valence-electron chi connectivity index (χ3n) is 3.82. The Balaban J connectivity index is 2.02. The van der Waals surface area contributed by atoms with Crippen LogP contribution < -0.4 is 5.32 Å². The predicted octanol–water partition coefficient (Wildman–Crippen LogP) is 2.68. The second-order valence-electron chi connectivity index (χ2n) is 5.32. The van der Waals surface area contributed by atoms with Crippen molar-refractivity contribution >= 4 is 0 Å². The first-order chi connectivity index (χ1) is 8.27. The van der Waals surface area contributed by atoms with Gasteiger partial charge in [0.2, 0.25) is 0 Å². The van der Waals surface area contributed by atoms with E-state index in [0.717, 1.165) is 5.92 Å². The molecule has 1 unspecified atom stereocenters.